The van der Waals surface area contributed by atoms with Gasteiger partial charge in [-0.05, 0) is 6.92 Å². The van der Waals surface area contributed by atoms with Gasteiger partial charge in [0.15, 0.2) is 0 Å². The maximum Gasteiger partial charge on any atom is 0.275 e. The summed E-state index contributed by atoms with van der Waals surface area (Å²) in [5, 5.41) is 22.2. The Balaban J connectivity index is 2.93. The minimum atomic E-state index is -0.480. The zero-order valence-electron chi connectivity index (χ0n) is 8.97. The van der Waals surface area contributed by atoms with E-state index < -0.39 is 4.92 Å². The molecule has 1 rings (SSSR count). The Morgan fingerprint density at radius 2 is 2.25 bits per heavy atom. The molecular formula is C10H14N2O4. The molecule has 88 valence electrons. The zero-order chi connectivity index (χ0) is 12.0. The van der Waals surface area contributed by atoms with Crippen molar-refractivity contribution in [2.75, 3.05) is 25.1 Å². The van der Waals surface area contributed by atoms with Gasteiger partial charge >= 0.3 is 0 Å². The van der Waals surface area contributed by atoms with Crippen LogP contribution in [0.2, 0.25) is 0 Å². The van der Waals surface area contributed by atoms with E-state index in [-0.39, 0.29) is 12.3 Å². The minimum absolute atomic E-state index is 0.0351. The van der Waals surface area contributed by atoms with Crippen molar-refractivity contribution < 1.29 is 14.8 Å². The lowest BCUT2D eigenvalue weighted by molar-refractivity contribution is -0.384. The average Bonchev–Trinajstić information content (AvgIpc) is 2.26. The third kappa shape index (κ3) is 3.39. The largest absolute Gasteiger partial charge is 0.494 e. The summed E-state index contributed by atoms with van der Waals surface area (Å²) in [4.78, 5) is 10.2. The number of hydrogen-bond acceptors (Lipinski definition) is 5. The number of aliphatic hydroxyl groups excluding tert-OH is 1. The first-order valence-corrected chi connectivity index (χ1v) is 4.94. The summed E-state index contributed by atoms with van der Waals surface area (Å²) in [7, 11) is 0. The first-order chi connectivity index (χ1) is 7.67. The van der Waals surface area contributed by atoms with Gasteiger partial charge < -0.3 is 15.2 Å². The molecule has 0 fully saturated rings. The summed E-state index contributed by atoms with van der Waals surface area (Å²) in [6.07, 6.45) is 0. The molecular weight excluding hydrogens is 212 g/mol. The number of non-ortho nitro benzene ring substituents is 1. The highest BCUT2D eigenvalue weighted by molar-refractivity contribution is 5.56. The van der Waals surface area contributed by atoms with Gasteiger partial charge in [-0.2, -0.15) is 0 Å². The number of nitro groups is 1. The molecule has 0 amide bonds. The fraction of sp³-hybridized carbons (Fsp3) is 0.400. The van der Waals surface area contributed by atoms with Gasteiger partial charge in [-0.3, -0.25) is 10.1 Å². The molecule has 0 aliphatic heterocycles. The maximum absolute atomic E-state index is 10.7. The highest BCUT2D eigenvalue weighted by atomic mass is 16.6. The fourth-order valence-electron chi connectivity index (χ4n) is 1.24. The van der Waals surface area contributed by atoms with Crippen molar-refractivity contribution in [3.05, 3.63) is 28.3 Å². The number of aliphatic hydroxyl groups is 1. The molecule has 0 aliphatic rings. The normalized spacial score (nSPS) is 9.88. The van der Waals surface area contributed by atoms with Gasteiger partial charge in [-0.25, -0.2) is 0 Å². The van der Waals surface area contributed by atoms with Crippen LogP contribution in [0.15, 0.2) is 18.2 Å². The number of benzene rings is 1. The van der Waals surface area contributed by atoms with E-state index in [0.717, 1.165) is 0 Å². The van der Waals surface area contributed by atoms with Crippen molar-refractivity contribution in [3.8, 4) is 5.75 Å². The number of ether oxygens (including phenoxy) is 1. The molecule has 0 radical (unpaired) electrons. The lowest BCUT2D eigenvalue weighted by Gasteiger charge is -2.07. The second-order valence-electron chi connectivity index (χ2n) is 3.06. The van der Waals surface area contributed by atoms with E-state index >= 15 is 0 Å². The molecule has 0 saturated carbocycles. The van der Waals surface area contributed by atoms with E-state index in [4.69, 9.17) is 9.84 Å². The third-order valence-corrected chi connectivity index (χ3v) is 1.85. The minimum Gasteiger partial charge on any atom is -0.494 e. The van der Waals surface area contributed by atoms with E-state index in [0.29, 0.717) is 24.6 Å². The Morgan fingerprint density at radius 3 is 2.81 bits per heavy atom. The second kappa shape index (κ2) is 5.92. The van der Waals surface area contributed by atoms with Crippen LogP contribution in [-0.2, 0) is 0 Å². The monoisotopic (exact) mass is 226 g/mol. The van der Waals surface area contributed by atoms with Gasteiger partial charge in [-0.15, -0.1) is 0 Å². The Morgan fingerprint density at radius 1 is 1.50 bits per heavy atom. The second-order valence-corrected chi connectivity index (χ2v) is 3.06. The number of rotatable bonds is 6. The number of nitrogens with one attached hydrogen (secondary N) is 1. The molecule has 16 heavy (non-hydrogen) atoms. The van der Waals surface area contributed by atoms with Crippen molar-refractivity contribution in [3.63, 3.8) is 0 Å². The fourth-order valence-corrected chi connectivity index (χ4v) is 1.24. The summed E-state index contributed by atoms with van der Waals surface area (Å²) < 4.78 is 5.21. The van der Waals surface area contributed by atoms with Gasteiger partial charge in [0.1, 0.15) is 5.75 Å². The smallest absolute Gasteiger partial charge is 0.275 e. The molecule has 0 aliphatic carbocycles. The summed E-state index contributed by atoms with van der Waals surface area (Å²) in [6, 6.07) is 4.43. The van der Waals surface area contributed by atoms with Crippen molar-refractivity contribution in [2.45, 2.75) is 6.92 Å². The van der Waals surface area contributed by atoms with E-state index in [1.165, 1.54) is 12.1 Å². The zero-order valence-corrected chi connectivity index (χ0v) is 8.97. The maximum atomic E-state index is 10.7. The van der Waals surface area contributed by atoms with Crippen LogP contribution in [0.5, 0.6) is 5.75 Å². The highest BCUT2D eigenvalue weighted by Crippen LogP contribution is 2.25. The molecule has 1 aromatic rings. The SMILES string of the molecule is CCOc1cc(NCCO)cc([N+](=O)[O-])c1. The van der Waals surface area contributed by atoms with Crippen LogP contribution in [0.4, 0.5) is 11.4 Å². The van der Waals surface area contributed by atoms with Crippen molar-refractivity contribution in [2.24, 2.45) is 0 Å². The number of hydrogen-bond donors (Lipinski definition) is 2. The van der Waals surface area contributed by atoms with Crippen LogP contribution in [0, 0.1) is 10.1 Å². The van der Waals surface area contributed by atoms with Crippen molar-refractivity contribution in [1.82, 2.24) is 0 Å². The topological polar surface area (TPSA) is 84.6 Å². The Hall–Kier alpha value is -1.82. The molecule has 0 saturated heterocycles. The summed E-state index contributed by atoms with van der Waals surface area (Å²) >= 11 is 0. The number of nitro benzene ring substituents is 1. The molecule has 0 unspecified atom stereocenters. The van der Waals surface area contributed by atoms with Crippen LogP contribution in [0.3, 0.4) is 0 Å². The Labute approximate surface area is 93.0 Å². The van der Waals surface area contributed by atoms with Gasteiger partial charge in [0.2, 0.25) is 0 Å². The predicted octanol–water partition coefficient (Wildman–Crippen LogP) is 1.40. The quantitative estimate of drug-likeness (QED) is 0.565. The first-order valence-electron chi connectivity index (χ1n) is 4.94. The van der Waals surface area contributed by atoms with Crippen LogP contribution in [0.25, 0.3) is 0 Å². The standard InChI is InChI=1S/C10H14N2O4/c1-2-16-10-6-8(11-3-4-13)5-9(7-10)12(14)15/h5-7,11,13H,2-4H2,1H3. The van der Waals surface area contributed by atoms with Gasteiger partial charge in [0.25, 0.3) is 5.69 Å². The average molecular weight is 226 g/mol. The van der Waals surface area contributed by atoms with E-state index in [1.807, 2.05) is 0 Å². The molecule has 6 heteroatoms. The summed E-state index contributed by atoms with van der Waals surface area (Å²) in [5.74, 6) is 0.442. The molecule has 1 aromatic carbocycles. The predicted molar refractivity (Wildman–Crippen MR) is 59.8 cm³/mol. The first kappa shape index (κ1) is 12.3. The lowest BCUT2D eigenvalue weighted by atomic mass is 10.2. The van der Waals surface area contributed by atoms with E-state index in [2.05, 4.69) is 5.32 Å². The molecule has 0 bridgehead atoms. The van der Waals surface area contributed by atoms with Crippen LogP contribution >= 0.6 is 0 Å². The third-order valence-electron chi connectivity index (χ3n) is 1.85. The van der Waals surface area contributed by atoms with Crippen LogP contribution in [-0.4, -0.2) is 29.8 Å². The molecule has 0 heterocycles. The number of anilines is 1. The molecule has 2 N–H and O–H groups in total. The summed E-state index contributed by atoms with van der Waals surface area (Å²) in [5.41, 5.74) is 0.526. The molecule has 0 atom stereocenters. The number of nitrogens with zero attached hydrogens (tertiary/aromatic N) is 1. The van der Waals surface area contributed by atoms with Crippen LogP contribution < -0.4 is 10.1 Å². The molecule has 6 nitrogen and oxygen atoms in total. The highest BCUT2D eigenvalue weighted by Gasteiger charge is 2.10. The van der Waals surface area contributed by atoms with E-state index in [1.54, 1.807) is 13.0 Å². The molecule has 0 aromatic heterocycles. The Kier molecular flexibility index (Phi) is 4.53. The molecule has 0 spiro atoms. The van der Waals surface area contributed by atoms with Crippen molar-refractivity contribution >= 4 is 11.4 Å². The van der Waals surface area contributed by atoms with Crippen molar-refractivity contribution in [1.29, 1.82) is 0 Å². The van der Waals surface area contributed by atoms with E-state index in [9.17, 15) is 10.1 Å². The van der Waals surface area contributed by atoms with Gasteiger partial charge in [-0.1, -0.05) is 0 Å². The van der Waals surface area contributed by atoms with Crippen LogP contribution in [0.1, 0.15) is 6.92 Å². The van der Waals surface area contributed by atoms with Gasteiger partial charge in [0, 0.05) is 24.4 Å². The Bertz CT molecular complexity index is 368. The lowest BCUT2D eigenvalue weighted by Crippen LogP contribution is -2.06. The van der Waals surface area contributed by atoms with Gasteiger partial charge in [0.05, 0.1) is 24.2 Å². The summed E-state index contributed by atoms with van der Waals surface area (Å²) in [6.45, 7) is 2.56.